The molecule has 0 heterocycles. The Morgan fingerprint density at radius 1 is 1.11 bits per heavy atom. The molecule has 0 fully saturated rings. The lowest BCUT2D eigenvalue weighted by atomic mass is 10.0. The Morgan fingerprint density at radius 2 is 1.89 bits per heavy atom. The summed E-state index contributed by atoms with van der Waals surface area (Å²) in [6, 6.07) is 11.7. The summed E-state index contributed by atoms with van der Waals surface area (Å²) in [5.41, 5.74) is 1.76. The van der Waals surface area contributed by atoms with Gasteiger partial charge in [-0.25, -0.2) is 4.39 Å². The number of benzene rings is 2. The Labute approximate surface area is 114 Å². The van der Waals surface area contributed by atoms with Crippen LogP contribution in [0.1, 0.15) is 5.56 Å². The van der Waals surface area contributed by atoms with Gasteiger partial charge in [-0.3, -0.25) is 0 Å². The van der Waals surface area contributed by atoms with Crippen LogP contribution in [0.3, 0.4) is 0 Å². The lowest BCUT2D eigenvalue weighted by molar-refractivity contribution is 0.616. The standard InChI is InChI=1S/C14H8Cl2FN/c15-11-3-4-12(13(16)8-11)10-2-1-9(5-6-18)14(17)7-10/h1-4,7-8H,5H2. The van der Waals surface area contributed by atoms with Crippen molar-refractivity contribution in [2.45, 2.75) is 6.42 Å². The fraction of sp³-hybridized carbons (Fsp3) is 0.0714. The second kappa shape index (κ2) is 5.39. The molecule has 2 aromatic carbocycles. The molecule has 0 amide bonds. The first-order chi connectivity index (χ1) is 8.61. The van der Waals surface area contributed by atoms with Crippen LogP contribution in [0.2, 0.25) is 10.0 Å². The van der Waals surface area contributed by atoms with Crippen LogP contribution in [-0.2, 0) is 6.42 Å². The highest BCUT2D eigenvalue weighted by Gasteiger charge is 2.08. The summed E-state index contributed by atoms with van der Waals surface area (Å²) in [5.74, 6) is -0.403. The molecule has 0 spiro atoms. The molecule has 0 atom stereocenters. The van der Waals surface area contributed by atoms with Crippen molar-refractivity contribution in [3.63, 3.8) is 0 Å². The molecule has 0 aromatic heterocycles. The van der Waals surface area contributed by atoms with Gasteiger partial charge >= 0.3 is 0 Å². The normalized spacial score (nSPS) is 10.1. The zero-order chi connectivity index (χ0) is 13.1. The van der Waals surface area contributed by atoms with E-state index in [0.717, 1.165) is 0 Å². The summed E-state index contributed by atoms with van der Waals surface area (Å²) in [6.45, 7) is 0. The van der Waals surface area contributed by atoms with Crippen molar-refractivity contribution < 1.29 is 4.39 Å². The zero-order valence-electron chi connectivity index (χ0n) is 9.25. The Bertz CT molecular complexity index is 632. The molecule has 1 nitrogen and oxygen atoms in total. The summed E-state index contributed by atoms with van der Waals surface area (Å²) in [4.78, 5) is 0. The van der Waals surface area contributed by atoms with Gasteiger partial charge in [0, 0.05) is 21.2 Å². The fourth-order valence-corrected chi connectivity index (χ4v) is 2.18. The second-order valence-electron chi connectivity index (χ2n) is 3.77. The van der Waals surface area contributed by atoms with Crippen molar-refractivity contribution in [2.24, 2.45) is 0 Å². The summed E-state index contributed by atoms with van der Waals surface area (Å²) in [5, 5.41) is 9.55. The van der Waals surface area contributed by atoms with E-state index in [1.165, 1.54) is 6.07 Å². The molecule has 90 valence electrons. The highest BCUT2D eigenvalue weighted by atomic mass is 35.5. The van der Waals surface area contributed by atoms with Crippen molar-refractivity contribution >= 4 is 23.2 Å². The maximum Gasteiger partial charge on any atom is 0.128 e. The van der Waals surface area contributed by atoms with E-state index < -0.39 is 5.82 Å². The lowest BCUT2D eigenvalue weighted by Crippen LogP contribution is -1.90. The number of rotatable bonds is 2. The molecule has 0 N–H and O–H groups in total. The van der Waals surface area contributed by atoms with Crippen LogP contribution in [-0.4, -0.2) is 0 Å². The molecular weight excluding hydrogens is 272 g/mol. The van der Waals surface area contributed by atoms with Crippen LogP contribution in [0.25, 0.3) is 11.1 Å². The molecule has 18 heavy (non-hydrogen) atoms. The van der Waals surface area contributed by atoms with Crippen LogP contribution >= 0.6 is 23.2 Å². The quantitative estimate of drug-likeness (QED) is 0.770. The fourth-order valence-electron chi connectivity index (χ4n) is 1.67. The van der Waals surface area contributed by atoms with Gasteiger partial charge in [0.25, 0.3) is 0 Å². The maximum absolute atomic E-state index is 13.7. The van der Waals surface area contributed by atoms with E-state index in [-0.39, 0.29) is 6.42 Å². The molecule has 0 radical (unpaired) electrons. The van der Waals surface area contributed by atoms with Gasteiger partial charge in [-0.1, -0.05) is 41.4 Å². The van der Waals surface area contributed by atoms with Crippen molar-refractivity contribution in [3.05, 3.63) is 57.8 Å². The van der Waals surface area contributed by atoms with Crippen LogP contribution in [0.5, 0.6) is 0 Å². The van der Waals surface area contributed by atoms with E-state index >= 15 is 0 Å². The molecule has 0 aliphatic rings. The molecule has 0 saturated carbocycles. The maximum atomic E-state index is 13.7. The van der Waals surface area contributed by atoms with Gasteiger partial charge < -0.3 is 0 Å². The van der Waals surface area contributed by atoms with Crippen molar-refractivity contribution in [2.75, 3.05) is 0 Å². The first-order valence-corrected chi connectivity index (χ1v) is 5.98. The Kier molecular flexibility index (Phi) is 3.86. The van der Waals surface area contributed by atoms with E-state index in [9.17, 15) is 4.39 Å². The zero-order valence-corrected chi connectivity index (χ0v) is 10.8. The SMILES string of the molecule is N#CCc1ccc(-c2ccc(Cl)cc2Cl)cc1F. The average molecular weight is 280 g/mol. The summed E-state index contributed by atoms with van der Waals surface area (Å²) >= 11 is 11.9. The number of nitriles is 1. The molecule has 0 unspecified atom stereocenters. The average Bonchev–Trinajstić information content (AvgIpc) is 2.32. The molecule has 0 aliphatic carbocycles. The summed E-state index contributed by atoms with van der Waals surface area (Å²) in [6.07, 6.45) is 0.0560. The van der Waals surface area contributed by atoms with Gasteiger partial charge in [0.15, 0.2) is 0 Å². The van der Waals surface area contributed by atoms with E-state index in [4.69, 9.17) is 28.5 Å². The summed E-state index contributed by atoms with van der Waals surface area (Å²) < 4.78 is 13.7. The van der Waals surface area contributed by atoms with Gasteiger partial charge in [0.05, 0.1) is 12.5 Å². The molecule has 0 aliphatic heterocycles. The first kappa shape index (κ1) is 12.9. The molecule has 2 aromatic rings. The highest BCUT2D eigenvalue weighted by Crippen LogP contribution is 2.31. The van der Waals surface area contributed by atoms with Gasteiger partial charge in [-0.15, -0.1) is 0 Å². The van der Waals surface area contributed by atoms with Crippen molar-refractivity contribution in [3.8, 4) is 17.2 Å². The number of hydrogen-bond acceptors (Lipinski definition) is 1. The largest absolute Gasteiger partial charge is 0.207 e. The monoisotopic (exact) mass is 279 g/mol. The van der Waals surface area contributed by atoms with E-state index in [0.29, 0.717) is 26.7 Å². The molecular formula is C14H8Cl2FN. The minimum absolute atomic E-state index is 0.0560. The highest BCUT2D eigenvalue weighted by molar-refractivity contribution is 6.36. The second-order valence-corrected chi connectivity index (χ2v) is 4.61. The minimum Gasteiger partial charge on any atom is -0.207 e. The third-order valence-electron chi connectivity index (χ3n) is 2.56. The molecule has 0 bridgehead atoms. The van der Waals surface area contributed by atoms with Crippen LogP contribution in [0.15, 0.2) is 36.4 Å². The van der Waals surface area contributed by atoms with Crippen LogP contribution in [0, 0.1) is 17.1 Å². The predicted molar refractivity (Wildman–Crippen MR) is 71.2 cm³/mol. The predicted octanol–water partition coefficient (Wildman–Crippen LogP) is 4.87. The van der Waals surface area contributed by atoms with Crippen molar-refractivity contribution in [1.29, 1.82) is 5.26 Å². The minimum atomic E-state index is -0.403. The van der Waals surface area contributed by atoms with Gasteiger partial charge in [-0.05, 0) is 23.8 Å². The lowest BCUT2D eigenvalue weighted by Gasteiger charge is -2.06. The van der Waals surface area contributed by atoms with Gasteiger partial charge in [-0.2, -0.15) is 5.26 Å². The summed E-state index contributed by atoms with van der Waals surface area (Å²) in [7, 11) is 0. The van der Waals surface area contributed by atoms with Gasteiger partial charge in [0.2, 0.25) is 0 Å². The van der Waals surface area contributed by atoms with E-state index in [1.54, 1.807) is 30.3 Å². The Balaban J connectivity index is 2.46. The van der Waals surface area contributed by atoms with E-state index in [1.807, 2.05) is 6.07 Å². The smallest absolute Gasteiger partial charge is 0.128 e. The number of hydrogen-bond donors (Lipinski definition) is 0. The third-order valence-corrected chi connectivity index (χ3v) is 3.11. The molecule has 4 heteroatoms. The Morgan fingerprint density at radius 3 is 2.50 bits per heavy atom. The Hall–Kier alpha value is -1.56. The number of halogens is 3. The van der Waals surface area contributed by atoms with Gasteiger partial charge in [0.1, 0.15) is 5.82 Å². The van der Waals surface area contributed by atoms with Crippen LogP contribution < -0.4 is 0 Å². The van der Waals surface area contributed by atoms with Crippen LogP contribution in [0.4, 0.5) is 4.39 Å². The van der Waals surface area contributed by atoms with E-state index in [2.05, 4.69) is 0 Å². The first-order valence-electron chi connectivity index (χ1n) is 5.22. The van der Waals surface area contributed by atoms with Crippen molar-refractivity contribution in [1.82, 2.24) is 0 Å². The molecule has 2 rings (SSSR count). The topological polar surface area (TPSA) is 23.8 Å². The number of nitrogens with zero attached hydrogens (tertiary/aromatic N) is 1. The third kappa shape index (κ3) is 2.64. The molecule has 0 saturated heterocycles.